The summed E-state index contributed by atoms with van der Waals surface area (Å²) in [7, 11) is 0. The van der Waals surface area contributed by atoms with Gasteiger partial charge in [0.25, 0.3) is 0 Å². The second-order valence-electron chi connectivity index (χ2n) is 20.3. The van der Waals surface area contributed by atoms with Crippen LogP contribution in [0.15, 0.2) is 0 Å². The number of hydrogen-bond acceptors (Lipinski definition) is 6. The van der Waals surface area contributed by atoms with Crippen molar-refractivity contribution in [3.63, 3.8) is 0 Å². The number of rotatable bonds is 51. The minimum Gasteiger partial charge on any atom is -0.462 e. The van der Waals surface area contributed by atoms with Gasteiger partial charge in [-0.3, -0.25) is 14.4 Å². The van der Waals surface area contributed by atoms with Crippen LogP contribution in [0, 0.1) is 11.8 Å². The first kappa shape index (κ1) is 61.4. The summed E-state index contributed by atoms with van der Waals surface area (Å²) < 4.78 is 16.8. The van der Waals surface area contributed by atoms with Crippen LogP contribution in [0.2, 0.25) is 0 Å². The SMILES string of the molecule is CCCCCCCCCCCCCCCCCCCC(=O)OC[C@@H](COC(=O)CCCCCCCCCCCCCCCCC(C)CC)OC(=O)CCCCCCCCCC(C)C. The first-order valence-corrected chi connectivity index (χ1v) is 28.3. The van der Waals surface area contributed by atoms with Crippen molar-refractivity contribution in [1.29, 1.82) is 0 Å². The van der Waals surface area contributed by atoms with Gasteiger partial charge in [0, 0.05) is 19.3 Å². The van der Waals surface area contributed by atoms with Crippen LogP contribution in [0.1, 0.15) is 317 Å². The molecule has 374 valence electrons. The van der Waals surface area contributed by atoms with Gasteiger partial charge in [-0.25, -0.2) is 0 Å². The summed E-state index contributed by atoms with van der Waals surface area (Å²) in [5, 5.41) is 0. The molecule has 0 N–H and O–H groups in total. The second kappa shape index (κ2) is 49.8. The van der Waals surface area contributed by atoms with Gasteiger partial charge in [0.2, 0.25) is 0 Å². The highest BCUT2D eigenvalue weighted by molar-refractivity contribution is 5.71. The molecule has 0 heterocycles. The molecule has 0 radical (unpaired) electrons. The Balaban J connectivity index is 4.23. The number of ether oxygens (including phenoxy) is 3. The van der Waals surface area contributed by atoms with E-state index in [1.54, 1.807) is 0 Å². The normalized spacial score (nSPS) is 12.5. The summed E-state index contributed by atoms with van der Waals surface area (Å²) in [5.41, 5.74) is 0. The van der Waals surface area contributed by atoms with Crippen LogP contribution < -0.4 is 0 Å². The van der Waals surface area contributed by atoms with E-state index in [4.69, 9.17) is 14.2 Å². The molecule has 6 heteroatoms. The fourth-order valence-corrected chi connectivity index (χ4v) is 8.66. The van der Waals surface area contributed by atoms with Gasteiger partial charge >= 0.3 is 17.9 Å². The number of esters is 3. The molecule has 0 aliphatic rings. The Morgan fingerprint density at radius 2 is 0.603 bits per heavy atom. The molecule has 0 aromatic carbocycles. The van der Waals surface area contributed by atoms with Crippen molar-refractivity contribution in [2.75, 3.05) is 13.2 Å². The summed E-state index contributed by atoms with van der Waals surface area (Å²) >= 11 is 0. The van der Waals surface area contributed by atoms with Crippen LogP contribution in [0.5, 0.6) is 0 Å². The van der Waals surface area contributed by atoms with Crippen LogP contribution in [-0.4, -0.2) is 37.2 Å². The summed E-state index contributed by atoms with van der Waals surface area (Å²) in [4.78, 5) is 38.0. The smallest absolute Gasteiger partial charge is 0.306 e. The van der Waals surface area contributed by atoms with E-state index in [0.29, 0.717) is 19.3 Å². The van der Waals surface area contributed by atoms with Crippen molar-refractivity contribution in [2.45, 2.75) is 323 Å². The Bertz CT molecular complexity index is 964. The molecule has 0 bridgehead atoms. The average Bonchev–Trinajstić information content (AvgIpc) is 3.27. The third-order valence-corrected chi connectivity index (χ3v) is 13.3. The third-order valence-electron chi connectivity index (χ3n) is 13.3. The molecule has 0 aliphatic carbocycles. The first-order chi connectivity index (χ1) is 30.8. The minimum absolute atomic E-state index is 0.0638. The van der Waals surface area contributed by atoms with Crippen LogP contribution in [-0.2, 0) is 28.6 Å². The molecule has 0 aromatic heterocycles. The lowest BCUT2D eigenvalue weighted by molar-refractivity contribution is -0.167. The van der Waals surface area contributed by atoms with E-state index in [9.17, 15) is 14.4 Å². The van der Waals surface area contributed by atoms with Crippen molar-refractivity contribution in [2.24, 2.45) is 11.8 Å². The standard InChI is InChI=1S/C57H110O6/c1-6-8-9-10-11-12-13-14-15-16-17-21-24-27-32-37-42-47-55(58)61-50-54(63-57(60)49-44-39-34-29-30-35-40-45-52(3)4)51-62-56(59)48-43-38-33-28-25-22-19-18-20-23-26-31-36-41-46-53(5)7-2/h52-54H,6-51H2,1-5H3/t53?,54-/m0/s1. The van der Waals surface area contributed by atoms with E-state index in [1.807, 2.05) is 0 Å². The van der Waals surface area contributed by atoms with Gasteiger partial charge in [-0.05, 0) is 31.1 Å². The van der Waals surface area contributed by atoms with E-state index in [-0.39, 0.29) is 31.1 Å². The van der Waals surface area contributed by atoms with E-state index >= 15 is 0 Å². The highest BCUT2D eigenvalue weighted by Crippen LogP contribution is 2.18. The zero-order chi connectivity index (χ0) is 46.1. The van der Waals surface area contributed by atoms with Gasteiger partial charge in [0.05, 0.1) is 0 Å². The van der Waals surface area contributed by atoms with Crippen molar-refractivity contribution >= 4 is 17.9 Å². The molecule has 0 amide bonds. The molecular weight excluding hydrogens is 781 g/mol. The predicted octanol–water partition coefficient (Wildman–Crippen LogP) is 18.5. The Morgan fingerprint density at radius 3 is 0.905 bits per heavy atom. The van der Waals surface area contributed by atoms with E-state index in [0.717, 1.165) is 69.6 Å². The molecule has 6 nitrogen and oxygen atoms in total. The lowest BCUT2D eigenvalue weighted by Crippen LogP contribution is -2.30. The Labute approximate surface area is 393 Å². The Morgan fingerprint density at radius 1 is 0.333 bits per heavy atom. The monoisotopic (exact) mass is 891 g/mol. The average molecular weight is 892 g/mol. The van der Waals surface area contributed by atoms with Gasteiger partial charge in [-0.1, -0.05) is 279 Å². The van der Waals surface area contributed by atoms with Crippen LogP contribution in [0.4, 0.5) is 0 Å². The first-order valence-electron chi connectivity index (χ1n) is 28.3. The topological polar surface area (TPSA) is 78.9 Å². The maximum atomic E-state index is 12.8. The summed E-state index contributed by atoms with van der Waals surface area (Å²) in [6.07, 6.45) is 52.4. The lowest BCUT2D eigenvalue weighted by Gasteiger charge is -2.18. The minimum atomic E-state index is -0.763. The molecular formula is C57H110O6. The number of carbonyl (C=O) groups excluding carboxylic acids is 3. The largest absolute Gasteiger partial charge is 0.462 e. The number of hydrogen-bond donors (Lipinski definition) is 0. The lowest BCUT2D eigenvalue weighted by atomic mass is 9.99. The van der Waals surface area contributed by atoms with E-state index < -0.39 is 6.10 Å². The summed E-state index contributed by atoms with van der Waals surface area (Å²) in [6, 6.07) is 0. The Hall–Kier alpha value is -1.59. The molecule has 0 aromatic rings. The van der Waals surface area contributed by atoms with Gasteiger partial charge < -0.3 is 14.2 Å². The third kappa shape index (κ3) is 49.7. The van der Waals surface area contributed by atoms with Crippen LogP contribution in [0.25, 0.3) is 0 Å². The van der Waals surface area contributed by atoms with Crippen molar-refractivity contribution in [3.05, 3.63) is 0 Å². The molecule has 0 saturated heterocycles. The second-order valence-corrected chi connectivity index (χ2v) is 20.3. The summed E-state index contributed by atoms with van der Waals surface area (Å²) in [5.74, 6) is 0.828. The molecule has 0 saturated carbocycles. The fourth-order valence-electron chi connectivity index (χ4n) is 8.66. The summed E-state index contributed by atoms with van der Waals surface area (Å²) in [6.45, 7) is 11.4. The van der Waals surface area contributed by atoms with Crippen molar-refractivity contribution in [1.82, 2.24) is 0 Å². The maximum Gasteiger partial charge on any atom is 0.306 e. The van der Waals surface area contributed by atoms with Crippen LogP contribution >= 0.6 is 0 Å². The zero-order valence-corrected chi connectivity index (χ0v) is 43.2. The fraction of sp³-hybridized carbons (Fsp3) is 0.947. The van der Waals surface area contributed by atoms with Gasteiger partial charge in [-0.2, -0.15) is 0 Å². The highest BCUT2D eigenvalue weighted by atomic mass is 16.6. The maximum absolute atomic E-state index is 12.8. The van der Waals surface area contributed by atoms with Gasteiger partial charge in [0.15, 0.2) is 6.10 Å². The van der Waals surface area contributed by atoms with E-state index in [1.165, 1.54) is 205 Å². The molecule has 1 unspecified atom stereocenters. The van der Waals surface area contributed by atoms with Gasteiger partial charge in [-0.15, -0.1) is 0 Å². The Kier molecular flexibility index (Phi) is 48.6. The number of unbranched alkanes of at least 4 members (excludes halogenated alkanes) is 35. The molecule has 0 fully saturated rings. The molecule has 0 spiro atoms. The number of carbonyl (C=O) groups is 3. The highest BCUT2D eigenvalue weighted by Gasteiger charge is 2.19. The zero-order valence-electron chi connectivity index (χ0n) is 43.2. The van der Waals surface area contributed by atoms with Crippen LogP contribution in [0.3, 0.4) is 0 Å². The molecule has 63 heavy (non-hydrogen) atoms. The molecule has 2 atom stereocenters. The van der Waals surface area contributed by atoms with Crippen molar-refractivity contribution < 1.29 is 28.6 Å². The van der Waals surface area contributed by atoms with Crippen molar-refractivity contribution in [3.8, 4) is 0 Å². The molecule has 0 aliphatic heterocycles. The molecule has 0 rings (SSSR count). The predicted molar refractivity (Wildman–Crippen MR) is 270 cm³/mol. The quantitative estimate of drug-likeness (QED) is 0.0344. The van der Waals surface area contributed by atoms with Gasteiger partial charge in [0.1, 0.15) is 13.2 Å². The van der Waals surface area contributed by atoms with E-state index in [2.05, 4.69) is 34.6 Å².